The number of hydrogen-bond acceptors (Lipinski definition) is 5. The van der Waals surface area contributed by atoms with E-state index in [1.54, 1.807) is 11.3 Å². The number of thiophene rings is 1. The minimum atomic E-state index is 0.476. The van der Waals surface area contributed by atoms with E-state index in [4.69, 9.17) is 4.98 Å². The molecule has 0 amide bonds. The fourth-order valence-corrected chi connectivity index (χ4v) is 4.89. The summed E-state index contributed by atoms with van der Waals surface area (Å²) in [5, 5.41) is 4.82. The lowest BCUT2D eigenvalue weighted by molar-refractivity contribution is 0.369. The van der Waals surface area contributed by atoms with Gasteiger partial charge in [0.1, 0.15) is 16.5 Å². The van der Waals surface area contributed by atoms with Crippen LogP contribution in [-0.2, 0) is 0 Å². The van der Waals surface area contributed by atoms with Gasteiger partial charge in [-0.05, 0) is 45.7 Å². The van der Waals surface area contributed by atoms with Gasteiger partial charge in [0.25, 0.3) is 0 Å². The molecule has 5 heteroatoms. The molecule has 0 bridgehead atoms. The van der Waals surface area contributed by atoms with Gasteiger partial charge in [0.2, 0.25) is 0 Å². The molecular weight excluding hydrogens is 280 g/mol. The standard InChI is InChI=1S/C16H22N4S/c1-10-11(2)21-15-13(10)14(18-12(3)19-15)20-7-5-16(9-20)4-6-17-8-16/h17H,4-9H2,1-3H3. The third kappa shape index (κ3) is 2.06. The Morgan fingerprint density at radius 2 is 2.05 bits per heavy atom. The van der Waals surface area contributed by atoms with E-state index in [0.29, 0.717) is 5.41 Å². The average molecular weight is 302 g/mol. The van der Waals surface area contributed by atoms with E-state index in [-0.39, 0.29) is 0 Å². The van der Waals surface area contributed by atoms with Crippen LogP contribution in [0.15, 0.2) is 0 Å². The molecule has 2 fully saturated rings. The van der Waals surface area contributed by atoms with Crippen LogP contribution in [-0.4, -0.2) is 36.1 Å². The molecule has 2 aliphatic heterocycles. The molecule has 2 aromatic heterocycles. The minimum Gasteiger partial charge on any atom is -0.355 e. The van der Waals surface area contributed by atoms with Crippen LogP contribution in [0.5, 0.6) is 0 Å². The summed E-state index contributed by atoms with van der Waals surface area (Å²) in [5.74, 6) is 2.06. The Kier molecular flexibility index (Phi) is 2.98. The molecule has 1 N–H and O–H groups in total. The van der Waals surface area contributed by atoms with Gasteiger partial charge in [-0.25, -0.2) is 9.97 Å². The van der Waals surface area contributed by atoms with Crippen LogP contribution in [0, 0.1) is 26.2 Å². The lowest BCUT2D eigenvalue weighted by Gasteiger charge is -2.24. The normalized spacial score (nSPS) is 25.6. The van der Waals surface area contributed by atoms with Crippen molar-refractivity contribution in [2.24, 2.45) is 5.41 Å². The summed E-state index contributed by atoms with van der Waals surface area (Å²) in [4.78, 5) is 14.5. The van der Waals surface area contributed by atoms with E-state index >= 15 is 0 Å². The molecule has 2 aromatic rings. The Morgan fingerprint density at radius 1 is 1.19 bits per heavy atom. The lowest BCUT2D eigenvalue weighted by atomic mass is 9.87. The first-order valence-electron chi connectivity index (χ1n) is 7.78. The summed E-state index contributed by atoms with van der Waals surface area (Å²) < 4.78 is 0. The highest BCUT2D eigenvalue weighted by Gasteiger charge is 2.41. The zero-order chi connectivity index (χ0) is 14.6. The smallest absolute Gasteiger partial charge is 0.141 e. The van der Waals surface area contributed by atoms with Gasteiger partial charge in [0.05, 0.1) is 5.39 Å². The van der Waals surface area contributed by atoms with Gasteiger partial charge >= 0.3 is 0 Å². The fourth-order valence-electron chi connectivity index (χ4n) is 3.82. The van der Waals surface area contributed by atoms with Gasteiger partial charge in [-0.2, -0.15) is 0 Å². The summed E-state index contributed by atoms with van der Waals surface area (Å²) in [5.41, 5.74) is 1.83. The van der Waals surface area contributed by atoms with Crippen LogP contribution < -0.4 is 10.2 Å². The average Bonchev–Trinajstić information content (AvgIpc) is 3.13. The van der Waals surface area contributed by atoms with Gasteiger partial charge in [0, 0.05) is 29.9 Å². The van der Waals surface area contributed by atoms with Crippen molar-refractivity contribution < 1.29 is 0 Å². The molecular formula is C16H22N4S. The van der Waals surface area contributed by atoms with Crippen LogP contribution >= 0.6 is 11.3 Å². The summed E-state index contributed by atoms with van der Waals surface area (Å²) in [6.07, 6.45) is 2.59. The topological polar surface area (TPSA) is 41.1 Å². The number of anilines is 1. The maximum atomic E-state index is 4.81. The molecule has 112 valence electrons. The molecule has 4 heterocycles. The van der Waals surface area contributed by atoms with Crippen molar-refractivity contribution in [3.63, 3.8) is 0 Å². The van der Waals surface area contributed by atoms with Gasteiger partial charge in [-0.3, -0.25) is 0 Å². The fraction of sp³-hybridized carbons (Fsp3) is 0.625. The van der Waals surface area contributed by atoms with E-state index in [1.807, 2.05) is 6.92 Å². The van der Waals surface area contributed by atoms with Crippen molar-refractivity contribution in [2.75, 3.05) is 31.1 Å². The molecule has 2 aliphatic rings. The molecule has 4 rings (SSSR count). The Morgan fingerprint density at radius 3 is 2.81 bits per heavy atom. The predicted molar refractivity (Wildman–Crippen MR) is 88.4 cm³/mol. The third-order valence-corrected chi connectivity index (χ3v) is 6.29. The van der Waals surface area contributed by atoms with Gasteiger partial charge in [0.15, 0.2) is 0 Å². The van der Waals surface area contributed by atoms with Crippen molar-refractivity contribution in [1.82, 2.24) is 15.3 Å². The Hall–Kier alpha value is -1.20. The maximum Gasteiger partial charge on any atom is 0.141 e. The second-order valence-electron chi connectivity index (χ2n) is 6.66. The number of aromatic nitrogens is 2. The summed E-state index contributed by atoms with van der Waals surface area (Å²) in [6.45, 7) is 11.0. The molecule has 0 aliphatic carbocycles. The number of aryl methyl sites for hydroxylation is 3. The van der Waals surface area contributed by atoms with E-state index in [1.165, 1.54) is 47.6 Å². The SMILES string of the molecule is Cc1nc(N2CCC3(CCNC3)C2)c2c(C)c(C)sc2n1. The van der Waals surface area contributed by atoms with Gasteiger partial charge in [-0.15, -0.1) is 11.3 Å². The number of fused-ring (bicyclic) bond motifs is 1. The van der Waals surface area contributed by atoms with E-state index in [0.717, 1.165) is 23.7 Å². The van der Waals surface area contributed by atoms with Crippen LogP contribution in [0.2, 0.25) is 0 Å². The maximum absolute atomic E-state index is 4.81. The highest BCUT2D eigenvalue weighted by molar-refractivity contribution is 7.18. The summed E-state index contributed by atoms with van der Waals surface area (Å²) in [6, 6.07) is 0. The first-order valence-corrected chi connectivity index (χ1v) is 8.60. The molecule has 1 unspecified atom stereocenters. The van der Waals surface area contributed by atoms with Crippen molar-refractivity contribution in [2.45, 2.75) is 33.6 Å². The number of hydrogen-bond donors (Lipinski definition) is 1. The molecule has 21 heavy (non-hydrogen) atoms. The Balaban J connectivity index is 1.80. The van der Waals surface area contributed by atoms with Crippen molar-refractivity contribution in [1.29, 1.82) is 0 Å². The van der Waals surface area contributed by atoms with Crippen LogP contribution in [0.25, 0.3) is 10.2 Å². The highest BCUT2D eigenvalue weighted by atomic mass is 32.1. The quantitative estimate of drug-likeness (QED) is 0.879. The molecule has 4 nitrogen and oxygen atoms in total. The predicted octanol–water partition coefficient (Wildman–Crippen LogP) is 2.81. The second kappa shape index (κ2) is 4.65. The van der Waals surface area contributed by atoms with Gasteiger partial charge < -0.3 is 10.2 Å². The molecule has 0 aromatic carbocycles. The number of rotatable bonds is 1. The molecule has 1 spiro atoms. The van der Waals surface area contributed by atoms with Crippen molar-refractivity contribution in [3.05, 3.63) is 16.3 Å². The zero-order valence-electron chi connectivity index (χ0n) is 13.0. The Bertz CT molecular complexity index is 700. The third-order valence-electron chi connectivity index (χ3n) is 5.19. The van der Waals surface area contributed by atoms with Crippen LogP contribution in [0.4, 0.5) is 5.82 Å². The van der Waals surface area contributed by atoms with Crippen LogP contribution in [0.1, 0.15) is 29.1 Å². The lowest BCUT2D eigenvalue weighted by Crippen LogP contribution is -2.29. The van der Waals surface area contributed by atoms with Gasteiger partial charge in [-0.1, -0.05) is 0 Å². The molecule has 0 saturated carbocycles. The van der Waals surface area contributed by atoms with E-state index in [2.05, 4.69) is 29.0 Å². The second-order valence-corrected chi connectivity index (χ2v) is 7.86. The number of nitrogens with one attached hydrogen (secondary N) is 1. The first-order chi connectivity index (χ1) is 10.1. The Labute approximate surface area is 129 Å². The van der Waals surface area contributed by atoms with Crippen molar-refractivity contribution in [3.8, 4) is 0 Å². The highest BCUT2D eigenvalue weighted by Crippen LogP contribution is 2.41. The monoisotopic (exact) mass is 302 g/mol. The summed E-state index contributed by atoms with van der Waals surface area (Å²) in [7, 11) is 0. The van der Waals surface area contributed by atoms with Crippen LogP contribution in [0.3, 0.4) is 0 Å². The molecule has 2 saturated heterocycles. The van der Waals surface area contributed by atoms with E-state index in [9.17, 15) is 0 Å². The van der Waals surface area contributed by atoms with Crippen molar-refractivity contribution >= 4 is 27.4 Å². The molecule has 1 atom stereocenters. The summed E-state index contributed by atoms with van der Waals surface area (Å²) >= 11 is 1.80. The minimum absolute atomic E-state index is 0.476. The first kappa shape index (κ1) is 13.5. The molecule has 0 radical (unpaired) electrons. The number of nitrogens with zero attached hydrogens (tertiary/aromatic N) is 3. The largest absolute Gasteiger partial charge is 0.355 e. The zero-order valence-corrected chi connectivity index (χ0v) is 13.8. The van der Waals surface area contributed by atoms with E-state index < -0.39 is 0 Å².